The van der Waals surface area contributed by atoms with E-state index < -0.39 is 0 Å². The quantitative estimate of drug-likeness (QED) is 0.941. The molecule has 1 aliphatic heterocycles. The van der Waals surface area contributed by atoms with Gasteiger partial charge in [-0.25, -0.2) is 9.97 Å². The molecule has 0 saturated carbocycles. The van der Waals surface area contributed by atoms with Gasteiger partial charge in [0.15, 0.2) is 0 Å². The van der Waals surface area contributed by atoms with Gasteiger partial charge in [0.2, 0.25) is 0 Å². The first-order valence-corrected chi connectivity index (χ1v) is 7.88. The maximum absolute atomic E-state index is 5.79. The third kappa shape index (κ3) is 2.95. The van der Waals surface area contributed by atoms with Gasteiger partial charge in [0.25, 0.3) is 0 Å². The van der Waals surface area contributed by atoms with E-state index in [0.29, 0.717) is 5.92 Å². The van der Waals surface area contributed by atoms with Crippen molar-refractivity contribution in [2.75, 3.05) is 24.5 Å². The van der Waals surface area contributed by atoms with Crippen molar-refractivity contribution < 1.29 is 0 Å². The van der Waals surface area contributed by atoms with Crippen molar-refractivity contribution in [3.05, 3.63) is 36.0 Å². The molecule has 0 amide bonds. The Labute approximate surface area is 131 Å². The molecule has 5 nitrogen and oxygen atoms in total. The van der Waals surface area contributed by atoms with E-state index in [1.165, 1.54) is 0 Å². The second-order valence-electron chi connectivity index (χ2n) is 6.01. The normalized spacial score (nSPS) is 16.0. The Morgan fingerprint density at radius 2 is 1.91 bits per heavy atom. The summed E-state index contributed by atoms with van der Waals surface area (Å²) in [6.45, 7) is 6.82. The Balaban J connectivity index is 1.95. The third-order valence-electron chi connectivity index (χ3n) is 4.46. The molecule has 0 unspecified atom stereocenters. The Kier molecular flexibility index (Phi) is 4.34. The first-order valence-electron chi connectivity index (χ1n) is 7.88. The molecule has 0 radical (unpaired) electrons. The molecule has 3 heterocycles. The van der Waals surface area contributed by atoms with Crippen molar-refractivity contribution in [2.45, 2.75) is 26.7 Å². The molecule has 2 aromatic heterocycles. The highest BCUT2D eigenvalue weighted by molar-refractivity contribution is 5.77. The van der Waals surface area contributed by atoms with Crippen LogP contribution in [0.2, 0.25) is 0 Å². The fourth-order valence-corrected chi connectivity index (χ4v) is 3.03. The molecule has 1 fully saturated rings. The molecule has 5 heteroatoms. The monoisotopic (exact) mass is 297 g/mol. The Bertz CT molecular complexity index is 630. The average Bonchev–Trinajstić information content (AvgIpc) is 2.56. The topological polar surface area (TPSA) is 67.9 Å². The predicted molar refractivity (Wildman–Crippen MR) is 88.7 cm³/mol. The van der Waals surface area contributed by atoms with E-state index in [2.05, 4.69) is 25.9 Å². The van der Waals surface area contributed by atoms with E-state index in [4.69, 9.17) is 5.73 Å². The van der Waals surface area contributed by atoms with Gasteiger partial charge >= 0.3 is 0 Å². The van der Waals surface area contributed by atoms with E-state index in [9.17, 15) is 0 Å². The average molecular weight is 297 g/mol. The van der Waals surface area contributed by atoms with E-state index in [1.807, 2.05) is 26.1 Å². The molecule has 0 atom stereocenters. The first kappa shape index (κ1) is 14.9. The maximum Gasteiger partial charge on any atom is 0.140 e. The van der Waals surface area contributed by atoms with Crippen LogP contribution in [0.5, 0.6) is 0 Å². The van der Waals surface area contributed by atoms with Crippen LogP contribution in [0.15, 0.2) is 24.7 Å². The molecule has 2 N–H and O–H groups in total. The number of hydrogen-bond acceptors (Lipinski definition) is 5. The second kappa shape index (κ2) is 6.40. The second-order valence-corrected chi connectivity index (χ2v) is 6.01. The number of anilines is 1. The fourth-order valence-electron chi connectivity index (χ4n) is 3.03. The number of rotatable bonds is 3. The zero-order valence-electron chi connectivity index (χ0n) is 13.3. The lowest BCUT2D eigenvalue weighted by atomic mass is 9.96. The molecule has 1 saturated heterocycles. The van der Waals surface area contributed by atoms with Gasteiger partial charge in [-0.2, -0.15) is 0 Å². The minimum Gasteiger partial charge on any atom is -0.356 e. The number of piperidine rings is 1. The summed E-state index contributed by atoms with van der Waals surface area (Å²) in [5.41, 5.74) is 9.99. The summed E-state index contributed by atoms with van der Waals surface area (Å²) >= 11 is 0. The van der Waals surface area contributed by atoms with Crippen LogP contribution in [0.1, 0.15) is 24.2 Å². The highest BCUT2D eigenvalue weighted by atomic mass is 15.2. The number of aromatic nitrogens is 3. The number of nitrogens with zero attached hydrogens (tertiary/aromatic N) is 4. The van der Waals surface area contributed by atoms with Gasteiger partial charge in [-0.3, -0.25) is 4.98 Å². The van der Waals surface area contributed by atoms with Gasteiger partial charge in [0.1, 0.15) is 12.1 Å². The standard InChI is InChI=1S/C17H23N5/c1-12-3-4-15(10-19-12)16-13(2)20-11-21-17(16)22-7-5-14(9-18)6-8-22/h3-4,10-11,14H,5-9,18H2,1-2H3. The van der Waals surface area contributed by atoms with Gasteiger partial charge in [-0.05, 0) is 45.2 Å². The summed E-state index contributed by atoms with van der Waals surface area (Å²) in [6.07, 6.45) is 5.83. The number of hydrogen-bond donors (Lipinski definition) is 1. The summed E-state index contributed by atoms with van der Waals surface area (Å²) in [5.74, 6) is 1.66. The SMILES string of the molecule is Cc1ccc(-c2c(C)ncnc2N2CCC(CN)CC2)cn1. The lowest BCUT2D eigenvalue weighted by Crippen LogP contribution is -2.37. The molecule has 0 aromatic carbocycles. The zero-order valence-corrected chi connectivity index (χ0v) is 13.3. The summed E-state index contributed by atoms with van der Waals surface area (Å²) in [6, 6.07) is 4.14. The van der Waals surface area contributed by atoms with E-state index in [0.717, 1.165) is 60.8 Å². The van der Waals surface area contributed by atoms with E-state index in [1.54, 1.807) is 6.33 Å². The van der Waals surface area contributed by atoms with Crippen LogP contribution in [-0.4, -0.2) is 34.6 Å². The van der Waals surface area contributed by atoms with Gasteiger partial charge in [0.05, 0.1) is 5.69 Å². The molecule has 0 bridgehead atoms. The molecule has 2 aromatic rings. The third-order valence-corrected chi connectivity index (χ3v) is 4.46. The van der Waals surface area contributed by atoms with Crippen molar-refractivity contribution in [1.29, 1.82) is 0 Å². The number of aryl methyl sites for hydroxylation is 2. The van der Waals surface area contributed by atoms with E-state index >= 15 is 0 Å². The Hall–Kier alpha value is -2.01. The lowest BCUT2D eigenvalue weighted by Gasteiger charge is -2.33. The summed E-state index contributed by atoms with van der Waals surface area (Å²) < 4.78 is 0. The van der Waals surface area contributed by atoms with E-state index in [-0.39, 0.29) is 0 Å². The molecule has 116 valence electrons. The minimum atomic E-state index is 0.642. The number of pyridine rings is 1. The lowest BCUT2D eigenvalue weighted by molar-refractivity contribution is 0.413. The fraction of sp³-hybridized carbons (Fsp3) is 0.471. The molecule has 0 aliphatic carbocycles. The molecular formula is C17H23N5. The smallest absolute Gasteiger partial charge is 0.140 e. The molecule has 3 rings (SSSR count). The van der Waals surface area contributed by atoms with Crippen LogP contribution < -0.4 is 10.6 Å². The minimum absolute atomic E-state index is 0.642. The highest BCUT2D eigenvalue weighted by Gasteiger charge is 2.22. The van der Waals surface area contributed by atoms with Crippen LogP contribution in [0.25, 0.3) is 11.1 Å². The predicted octanol–water partition coefficient (Wildman–Crippen LogP) is 2.33. The van der Waals surface area contributed by atoms with Crippen molar-refractivity contribution >= 4 is 5.82 Å². The van der Waals surface area contributed by atoms with Crippen LogP contribution in [0, 0.1) is 19.8 Å². The Morgan fingerprint density at radius 3 is 2.55 bits per heavy atom. The van der Waals surface area contributed by atoms with Crippen LogP contribution in [-0.2, 0) is 0 Å². The van der Waals surface area contributed by atoms with Gasteiger partial charge < -0.3 is 10.6 Å². The highest BCUT2D eigenvalue weighted by Crippen LogP contribution is 2.32. The summed E-state index contributed by atoms with van der Waals surface area (Å²) in [4.78, 5) is 15.7. The summed E-state index contributed by atoms with van der Waals surface area (Å²) in [7, 11) is 0. The number of nitrogens with two attached hydrogens (primary N) is 1. The first-order chi connectivity index (χ1) is 10.7. The van der Waals surface area contributed by atoms with Crippen molar-refractivity contribution in [2.24, 2.45) is 11.7 Å². The van der Waals surface area contributed by atoms with Crippen LogP contribution >= 0.6 is 0 Å². The maximum atomic E-state index is 5.79. The van der Waals surface area contributed by atoms with Crippen molar-refractivity contribution in [3.8, 4) is 11.1 Å². The van der Waals surface area contributed by atoms with Gasteiger partial charge in [0, 0.05) is 36.1 Å². The van der Waals surface area contributed by atoms with Gasteiger partial charge in [-0.15, -0.1) is 0 Å². The Morgan fingerprint density at radius 1 is 1.14 bits per heavy atom. The van der Waals surface area contributed by atoms with Crippen molar-refractivity contribution in [3.63, 3.8) is 0 Å². The summed E-state index contributed by atoms with van der Waals surface area (Å²) in [5, 5.41) is 0. The molecular weight excluding hydrogens is 274 g/mol. The van der Waals surface area contributed by atoms with Crippen LogP contribution in [0.3, 0.4) is 0 Å². The molecule has 1 aliphatic rings. The zero-order chi connectivity index (χ0) is 15.5. The van der Waals surface area contributed by atoms with Crippen LogP contribution in [0.4, 0.5) is 5.82 Å². The molecule has 0 spiro atoms. The largest absolute Gasteiger partial charge is 0.356 e. The molecule has 22 heavy (non-hydrogen) atoms. The van der Waals surface area contributed by atoms with Gasteiger partial charge in [-0.1, -0.05) is 6.07 Å². The van der Waals surface area contributed by atoms with Crippen molar-refractivity contribution in [1.82, 2.24) is 15.0 Å².